The summed E-state index contributed by atoms with van der Waals surface area (Å²) in [6.07, 6.45) is -4.28. The van der Waals surface area contributed by atoms with Crippen LogP contribution in [0.1, 0.15) is 46.3 Å². The molecule has 38 heavy (non-hydrogen) atoms. The van der Waals surface area contributed by atoms with E-state index in [1.54, 1.807) is 36.4 Å². The third-order valence-electron chi connectivity index (χ3n) is 5.58. The fourth-order valence-corrected chi connectivity index (χ4v) is 3.72. The minimum atomic E-state index is -4.77. The smallest absolute Gasteiger partial charge is 0.406 e. The van der Waals surface area contributed by atoms with E-state index in [1.165, 1.54) is 19.1 Å². The lowest BCUT2D eigenvalue weighted by atomic mass is 9.88. The highest BCUT2D eigenvalue weighted by atomic mass is 19.4. The second-order valence-electron chi connectivity index (χ2n) is 8.33. The Bertz CT molecular complexity index is 1300. The lowest BCUT2D eigenvalue weighted by molar-refractivity contribution is -0.274. The van der Waals surface area contributed by atoms with E-state index >= 15 is 0 Å². The molecule has 7 nitrogen and oxygen atoms in total. The summed E-state index contributed by atoms with van der Waals surface area (Å²) < 4.78 is 41.5. The van der Waals surface area contributed by atoms with Gasteiger partial charge >= 0.3 is 12.4 Å². The van der Waals surface area contributed by atoms with Crippen molar-refractivity contribution in [3.8, 4) is 17.6 Å². The number of nitrogens with zero attached hydrogens (tertiary/aromatic N) is 1. The number of alkyl halides is 3. The molecule has 3 rings (SSSR count). The lowest BCUT2D eigenvalue weighted by Crippen LogP contribution is -2.38. The van der Waals surface area contributed by atoms with Crippen LogP contribution in [0.5, 0.6) is 5.75 Å². The summed E-state index contributed by atoms with van der Waals surface area (Å²) >= 11 is 0. The predicted octanol–water partition coefficient (Wildman–Crippen LogP) is 5.05. The van der Waals surface area contributed by atoms with Gasteiger partial charge in [-0.3, -0.25) is 10.0 Å². The van der Waals surface area contributed by atoms with Crippen LogP contribution < -0.4 is 15.8 Å². The van der Waals surface area contributed by atoms with Gasteiger partial charge in [0.25, 0.3) is 5.91 Å². The number of urea groups is 1. The third-order valence-corrected chi connectivity index (χ3v) is 5.58. The number of hydroxylamine groups is 2. The maximum absolute atomic E-state index is 12.8. The van der Waals surface area contributed by atoms with Crippen molar-refractivity contribution in [1.82, 2.24) is 10.4 Å². The Labute approximate surface area is 218 Å². The molecule has 3 aromatic rings. The molecule has 0 unspecified atom stereocenters. The Balaban J connectivity index is 1.68. The van der Waals surface area contributed by atoms with E-state index in [0.29, 0.717) is 29.2 Å². The van der Waals surface area contributed by atoms with Gasteiger partial charge in [0.15, 0.2) is 0 Å². The molecule has 3 aromatic carbocycles. The molecule has 0 saturated heterocycles. The van der Waals surface area contributed by atoms with Gasteiger partial charge in [0.1, 0.15) is 11.8 Å². The van der Waals surface area contributed by atoms with Crippen LogP contribution in [0.25, 0.3) is 0 Å². The topological polar surface area (TPSA) is 105 Å². The van der Waals surface area contributed by atoms with E-state index < -0.39 is 18.4 Å². The van der Waals surface area contributed by atoms with Crippen molar-refractivity contribution < 1.29 is 32.7 Å². The molecule has 0 bridgehead atoms. The van der Waals surface area contributed by atoms with Crippen LogP contribution in [-0.2, 0) is 0 Å². The zero-order valence-corrected chi connectivity index (χ0v) is 20.4. The number of carbonyl (C=O) groups is 2. The second kappa shape index (κ2) is 12.7. The van der Waals surface area contributed by atoms with Gasteiger partial charge in [0.2, 0.25) is 0 Å². The maximum Gasteiger partial charge on any atom is 0.573 e. The van der Waals surface area contributed by atoms with E-state index in [-0.39, 0.29) is 17.6 Å². The van der Waals surface area contributed by atoms with Crippen molar-refractivity contribution in [2.45, 2.75) is 31.7 Å². The number of halogens is 3. The number of nitrogens with two attached hydrogens (primary N) is 1. The van der Waals surface area contributed by atoms with Crippen molar-refractivity contribution in [2.75, 3.05) is 6.54 Å². The van der Waals surface area contributed by atoms with Gasteiger partial charge in [0.05, 0.1) is 0 Å². The number of rotatable bonds is 8. The first-order chi connectivity index (χ1) is 18.0. The Morgan fingerprint density at radius 3 is 2.32 bits per heavy atom. The predicted molar refractivity (Wildman–Crippen MR) is 134 cm³/mol. The standard InChI is InChI=1S/C28H26F3N3O4/c1-19(34(37)27(32)36)10-11-20-6-5-9-23(18-20)26(35)33-17-16-25(21-7-3-2-4-8-21)22-12-14-24(15-13-22)38-28(29,30)31/h2-9,12-15,18-19,25,37H,16-17H2,1H3,(H2,32,36)(H,33,35)/t19-,25+/m1/s1. The van der Waals surface area contributed by atoms with Gasteiger partial charge in [0, 0.05) is 23.6 Å². The molecular weight excluding hydrogens is 499 g/mol. The monoisotopic (exact) mass is 525 g/mol. The summed E-state index contributed by atoms with van der Waals surface area (Å²) in [6, 6.07) is 19.8. The summed E-state index contributed by atoms with van der Waals surface area (Å²) in [6.45, 7) is 1.79. The molecule has 0 aromatic heterocycles. The summed E-state index contributed by atoms with van der Waals surface area (Å²) in [5, 5.41) is 12.7. The first-order valence-corrected chi connectivity index (χ1v) is 11.6. The molecule has 0 aliphatic heterocycles. The summed E-state index contributed by atoms with van der Waals surface area (Å²) in [5.74, 6) is 4.66. The summed E-state index contributed by atoms with van der Waals surface area (Å²) in [7, 11) is 0. The fraction of sp³-hybridized carbons (Fsp3) is 0.214. The quantitative estimate of drug-likeness (QED) is 0.218. The van der Waals surface area contributed by atoms with E-state index in [9.17, 15) is 28.0 Å². The minimum Gasteiger partial charge on any atom is -0.406 e. The molecule has 10 heteroatoms. The highest BCUT2D eigenvalue weighted by Gasteiger charge is 2.31. The number of hydrogen-bond acceptors (Lipinski definition) is 4. The molecule has 0 saturated carbocycles. The Morgan fingerprint density at radius 2 is 1.68 bits per heavy atom. The van der Waals surface area contributed by atoms with Crippen molar-refractivity contribution in [1.29, 1.82) is 0 Å². The van der Waals surface area contributed by atoms with E-state index in [0.717, 1.165) is 11.1 Å². The molecule has 0 fully saturated rings. The van der Waals surface area contributed by atoms with Crippen LogP contribution >= 0.6 is 0 Å². The largest absolute Gasteiger partial charge is 0.573 e. The number of carbonyl (C=O) groups excluding carboxylic acids is 2. The first kappa shape index (κ1) is 28.1. The van der Waals surface area contributed by atoms with E-state index in [1.807, 2.05) is 30.3 Å². The molecule has 0 radical (unpaired) electrons. The Kier molecular flexibility index (Phi) is 9.35. The molecule has 198 valence electrons. The molecule has 0 heterocycles. The molecule has 2 atom stereocenters. The molecular formula is C28H26F3N3O4. The molecule has 3 amide bonds. The zero-order valence-electron chi connectivity index (χ0n) is 20.4. The first-order valence-electron chi connectivity index (χ1n) is 11.6. The molecule has 0 spiro atoms. The highest BCUT2D eigenvalue weighted by Crippen LogP contribution is 2.30. The average molecular weight is 526 g/mol. The maximum atomic E-state index is 12.8. The Hall–Kier alpha value is -4.49. The summed E-state index contributed by atoms with van der Waals surface area (Å²) in [5.41, 5.74) is 7.61. The van der Waals surface area contributed by atoms with Gasteiger partial charge in [-0.15, -0.1) is 13.2 Å². The number of hydrogen-bond donors (Lipinski definition) is 3. The van der Waals surface area contributed by atoms with Gasteiger partial charge < -0.3 is 15.8 Å². The number of benzene rings is 3. The van der Waals surface area contributed by atoms with Crippen LogP contribution in [-0.4, -0.2) is 41.2 Å². The van der Waals surface area contributed by atoms with Gasteiger partial charge in [-0.05, 0) is 54.8 Å². The van der Waals surface area contributed by atoms with Gasteiger partial charge in [-0.25, -0.2) is 4.79 Å². The van der Waals surface area contributed by atoms with Crippen LogP contribution in [0.4, 0.5) is 18.0 Å². The fourth-order valence-electron chi connectivity index (χ4n) is 3.72. The third kappa shape index (κ3) is 8.28. The molecule has 4 N–H and O–H groups in total. The molecule has 0 aliphatic carbocycles. The normalized spacial score (nSPS) is 12.4. The number of ether oxygens (including phenoxy) is 1. The average Bonchev–Trinajstić information content (AvgIpc) is 2.89. The van der Waals surface area contributed by atoms with Crippen molar-refractivity contribution >= 4 is 11.9 Å². The van der Waals surface area contributed by atoms with E-state index in [4.69, 9.17) is 5.73 Å². The number of primary amides is 1. The highest BCUT2D eigenvalue weighted by molar-refractivity contribution is 5.94. The van der Waals surface area contributed by atoms with Crippen molar-refractivity contribution in [3.63, 3.8) is 0 Å². The minimum absolute atomic E-state index is 0.179. The number of nitrogens with one attached hydrogen (secondary N) is 1. The van der Waals surface area contributed by atoms with E-state index in [2.05, 4.69) is 21.9 Å². The van der Waals surface area contributed by atoms with Gasteiger partial charge in [-0.1, -0.05) is 60.4 Å². The molecule has 0 aliphatic rings. The van der Waals surface area contributed by atoms with Crippen molar-refractivity contribution in [2.24, 2.45) is 5.73 Å². The summed E-state index contributed by atoms with van der Waals surface area (Å²) in [4.78, 5) is 23.8. The zero-order chi connectivity index (χ0) is 27.7. The van der Waals surface area contributed by atoms with Gasteiger partial charge in [-0.2, -0.15) is 5.06 Å². The lowest BCUT2D eigenvalue weighted by Gasteiger charge is -2.19. The van der Waals surface area contributed by atoms with Crippen molar-refractivity contribution in [3.05, 3.63) is 101 Å². The van der Waals surface area contributed by atoms with Crippen LogP contribution in [0.3, 0.4) is 0 Å². The van der Waals surface area contributed by atoms with Crippen LogP contribution in [0.2, 0.25) is 0 Å². The second-order valence-corrected chi connectivity index (χ2v) is 8.33. The SMILES string of the molecule is C[C@H](C#Cc1cccc(C(=O)NCC[C@@H](c2ccccc2)c2ccc(OC(F)(F)F)cc2)c1)N(O)C(N)=O. The van der Waals surface area contributed by atoms with Crippen LogP contribution in [0.15, 0.2) is 78.9 Å². The Morgan fingerprint density at radius 1 is 1.03 bits per heavy atom. The number of amides is 3. The van der Waals surface area contributed by atoms with Crippen LogP contribution in [0, 0.1) is 11.8 Å².